The molecule has 1 fully saturated rings. The lowest BCUT2D eigenvalue weighted by Gasteiger charge is -2.17. The molecule has 0 unspecified atom stereocenters. The monoisotopic (exact) mass is 324 g/mol. The lowest BCUT2D eigenvalue weighted by Crippen LogP contribution is -2.17. The standard InChI is InChI=1S/C20H24N2O2/c1-2-24-19-11-7-17(8-12-19)21-20(23)15-16-5-9-18(10-6-16)22-13-3-4-14-22/h5-12H,2-4,13-15H2,1H3,(H,21,23). The van der Waals surface area contributed by atoms with Crippen LogP contribution in [0.3, 0.4) is 0 Å². The zero-order valence-corrected chi connectivity index (χ0v) is 14.1. The minimum atomic E-state index is -0.00641. The summed E-state index contributed by atoms with van der Waals surface area (Å²) < 4.78 is 5.40. The van der Waals surface area contributed by atoms with E-state index >= 15 is 0 Å². The van der Waals surface area contributed by atoms with Crippen LogP contribution >= 0.6 is 0 Å². The van der Waals surface area contributed by atoms with Gasteiger partial charge in [0.2, 0.25) is 5.91 Å². The van der Waals surface area contributed by atoms with Crippen LogP contribution in [-0.4, -0.2) is 25.6 Å². The van der Waals surface area contributed by atoms with E-state index in [0.717, 1.165) is 30.1 Å². The van der Waals surface area contributed by atoms with Crippen molar-refractivity contribution in [2.75, 3.05) is 29.9 Å². The quantitative estimate of drug-likeness (QED) is 0.877. The minimum Gasteiger partial charge on any atom is -0.494 e. The number of nitrogens with one attached hydrogen (secondary N) is 1. The second kappa shape index (κ2) is 7.86. The van der Waals surface area contributed by atoms with Gasteiger partial charge in [-0.3, -0.25) is 4.79 Å². The van der Waals surface area contributed by atoms with Gasteiger partial charge in [0.05, 0.1) is 13.0 Å². The van der Waals surface area contributed by atoms with Gasteiger partial charge in [0, 0.05) is 24.5 Å². The molecular weight excluding hydrogens is 300 g/mol. The Morgan fingerprint density at radius 1 is 1.04 bits per heavy atom. The largest absolute Gasteiger partial charge is 0.494 e. The number of hydrogen-bond acceptors (Lipinski definition) is 3. The molecule has 0 spiro atoms. The Hall–Kier alpha value is -2.49. The number of anilines is 2. The summed E-state index contributed by atoms with van der Waals surface area (Å²) in [6.45, 7) is 4.86. The Labute approximate surface area is 143 Å². The molecular formula is C20H24N2O2. The summed E-state index contributed by atoms with van der Waals surface area (Å²) in [5.41, 5.74) is 3.07. The van der Waals surface area contributed by atoms with Gasteiger partial charge in [-0.15, -0.1) is 0 Å². The average molecular weight is 324 g/mol. The van der Waals surface area contributed by atoms with Crippen LogP contribution in [0.4, 0.5) is 11.4 Å². The second-order valence-electron chi connectivity index (χ2n) is 6.04. The van der Waals surface area contributed by atoms with E-state index in [1.54, 1.807) is 0 Å². The highest BCUT2D eigenvalue weighted by Gasteiger charge is 2.12. The summed E-state index contributed by atoms with van der Waals surface area (Å²) >= 11 is 0. The third kappa shape index (κ3) is 4.28. The molecule has 0 bridgehead atoms. The minimum absolute atomic E-state index is 0.00641. The topological polar surface area (TPSA) is 41.6 Å². The summed E-state index contributed by atoms with van der Waals surface area (Å²) in [5, 5.41) is 2.92. The first-order valence-corrected chi connectivity index (χ1v) is 8.61. The third-order valence-electron chi connectivity index (χ3n) is 4.22. The maximum absolute atomic E-state index is 12.2. The average Bonchev–Trinajstić information content (AvgIpc) is 3.12. The molecule has 2 aromatic rings. The van der Waals surface area contributed by atoms with Gasteiger partial charge in [-0.1, -0.05) is 12.1 Å². The molecule has 0 saturated carbocycles. The molecule has 4 heteroatoms. The second-order valence-corrected chi connectivity index (χ2v) is 6.04. The molecule has 1 aliphatic heterocycles. The third-order valence-corrected chi connectivity index (χ3v) is 4.22. The molecule has 1 saturated heterocycles. The Morgan fingerprint density at radius 3 is 2.33 bits per heavy atom. The number of rotatable bonds is 6. The van der Waals surface area contributed by atoms with Crippen LogP contribution in [0.5, 0.6) is 5.75 Å². The van der Waals surface area contributed by atoms with E-state index in [4.69, 9.17) is 4.74 Å². The van der Waals surface area contributed by atoms with Gasteiger partial charge in [0.1, 0.15) is 5.75 Å². The Kier molecular flexibility index (Phi) is 5.36. The maximum atomic E-state index is 12.2. The van der Waals surface area contributed by atoms with Gasteiger partial charge in [-0.05, 0) is 61.7 Å². The van der Waals surface area contributed by atoms with Crippen molar-refractivity contribution in [3.05, 3.63) is 54.1 Å². The number of amides is 1. The van der Waals surface area contributed by atoms with Crippen LogP contribution in [0, 0.1) is 0 Å². The number of nitrogens with zero attached hydrogens (tertiary/aromatic N) is 1. The van der Waals surface area contributed by atoms with Crippen LogP contribution in [-0.2, 0) is 11.2 Å². The van der Waals surface area contributed by atoms with Crippen molar-refractivity contribution in [2.24, 2.45) is 0 Å². The maximum Gasteiger partial charge on any atom is 0.228 e. The normalized spacial score (nSPS) is 13.8. The number of hydrogen-bond donors (Lipinski definition) is 1. The summed E-state index contributed by atoms with van der Waals surface area (Å²) in [6, 6.07) is 15.8. The van der Waals surface area contributed by atoms with Gasteiger partial charge >= 0.3 is 0 Å². The molecule has 1 amide bonds. The Morgan fingerprint density at radius 2 is 1.71 bits per heavy atom. The molecule has 1 heterocycles. The van der Waals surface area contributed by atoms with Crippen LogP contribution in [0.2, 0.25) is 0 Å². The van der Waals surface area contributed by atoms with Crippen molar-refractivity contribution in [2.45, 2.75) is 26.2 Å². The first kappa shape index (κ1) is 16.4. The Balaban J connectivity index is 1.54. The number of ether oxygens (including phenoxy) is 1. The van der Waals surface area contributed by atoms with Crippen molar-refractivity contribution in [3.8, 4) is 5.75 Å². The lowest BCUT2D eigenvalue weighted by atomic mass is 10.1. The zero-order valence-electron chi connectivity index (χ0n) is 14.1. The Bertz CT molecular complexity index is 659. The number of carbonyl (C=O) groups excluding carboxylic acids is 1. The summed E-state index contributed by atoms with van der Waals surface area (Å²) in [7, 11) is 0. The van der Waals surface area contributed by atoms with Gasteiger partial charge in [-0.2, -0.15) is 0 Å². The van der Waals surface area contributed by atoms with Gasteiger partial charge < -0.3 is 15.0 Å². The molecule has 0 aliphatic carbocycles. The predicted molar refractivity (Wildman–Crippen MR) is 97.8 cm³/mol. The van der Waals surface area contributed by atoms with Gasteiger partial charge in [-0.25, -0.2) is 0 Å². The summed E-state index contributed by atoms with van der Waals surface area (Å²) in [5.74, 6) is 0.807. The van der Waals surface area contributed by atoms with Crippen LogP contribution in [0.25, 0.3) is 0 Å². The molecule has 0 radical (unpaired) electrons. The number of benzene rings is 2. The molecule has 126 valence electrons. The molecule has 2 aromatic carbocycles. The molecule has 3 rings (SSSR count). The highest BCUT2D eigenvalue weighted by atomic mass is 16.5. The summed E-state index contributed by atoms with van der Waals surface area (Å²) in [6.07, 6.45) is 2.92. The SMILES string of the molecule is CCOc1ccc(NC(=O)Cc2ccc(N3CCCC3)cc2)cc1. The van der Waals surface area contributed by atoms with E-state index in [9.17, 15) is 4.79 Å². The molecule has 1 aliphatic rings. The molecule has 4 nitrogen and oxygen atoms in total. The highest BCUT2D eigenvalue weighted by molar-refractivity contribution is 5.92. The van der Waals surface area contributed by atoms with Crippen molar-refractivity contribution in [1.82, 2.24) is 0 Å². The van der Waals surface area contributed by atoms with Crippen LogP contribution in [0.15, 0.2) is 48.5 Å². The van der Waals surface area contributed by atoms with E-state index in [-0.39, 0.29) is 5.91 Å². The fraction of sp³-hybridized carbons (Fsp3) is 0.350. The number of carbonyl (C=O) groups is 1. The smallest absolute Gasteiger partial charge is 0.228 e. The van der Waals surface area contributed by atoms with Crippen molar-refractivity contribution in [1.29, 1.82) is 0 Å². The zero-order chi connectivity index (χ0) is 16.8. The molecule has 0 atom stereocenters. The van der Waals surface area contributed by atoms with Crippen molar-refractivity contribution >= 4 is 17.3 Å². The molecule has 24 heavy (non-hydrogen) atoms. The van der Waals surface area contributed by atoms with Crippen molar-refractivity contribution in [3.63, 3.8) is 0 Å². The van der Waals surface area contributed by atoms with E-state index < -0.39 is 0 Å². The highest BCUT2D eigenvalue weighted by Crippen LogP contribution is 2.21. The fourth-order valence-electron chi connectivity index (χ4n) is 2.99. The summed E-state index contributed by atoms with van der Waals surface area (Å²) in [4.78, 5) is 14.6. The molecule has 0 aromatic heterocycles. The van der Waals surface area contributed by atoms with E-state index in [1.165, 1.54) is 18.5 Å². The van der Waals surface area contributed by atoms with E-state index in [0.29, 0.717) is 13.0 Å². The fourth-order valence-corrected chi connectivity index (χ4v) is 2.99. The van der Waals surface area contributed by atoms with E-state index in [2.05, 4.69) is 22.3 Å². The van der Waals surface area contributed by atoms with Crippen LogP contribution < -0.4 is 15.0 Å². The van der Waals surface area contributed by atoms with Gasteiger partial charge in [0.25, 0.3) is 0 Å². The van der Waals surface area contributed by atoms with Crippen molar-refractivity contribution < 1.29 is 9.53 Å². The first-order chi connectivity index (χ1) is 11.7. The van der Waals surface area contributed by atoms with E-state index in [1.807, 2.05) is 43.3 Å². The predicted octanol–water partition coefficient (Wildman–Crippen LogP) is 3.87. The molecule has 1 N–H and O–H groups in total. The van der Waals surface area contributed by atoms with Gasteiger partial charge in [0.15, 0.2) is 0 Å². The first-order valence-electron chi connectivity index (χ1n) is 8.61. The van der Waals surface area contributed by atoms with Crippen LogP contribution in [0.1, 0.15) is 25.3 Å². The lowest BCUT2D eigenvalue weighted by molar-refractivity contribution is -0.115.